The smallest absolute Gasteiger partial charge is 0.475 e. The number of imidazole rings is 1. The first kappa shape index (κ1) is 23.4. The van der Waals surface area contributed by atoms with Gasteiger partial charge in [-0.25, -0.2) is 9.78 Å². The van der Waals surface area contributed by atoms with Crippen molar-refractivity contribution in [2.24, 2.45) is 0 Å². The van der Waals surface area contributed by atoms with E-state index in [0.717, 1.165) is 36.9 Å². The second-order valence-corrected chi connectivity index (χ2v) is 7.18. The lowest BCUT2D eigenvalue weighted by Gasteiger charge is -2.32. The summed E-state index contributed by atoms with van der Waals surface area (Å²) < 4.78 is 38.9. The Morgan fingerprint density at radius 1 is 1.37 bits per heavy atom. The summed E-state index contributed by atoms with van der Waals surface area (Å²) in [5.41, 5.74) is 1.41. The molecular weight excluding hydrogens is 407 g/mol. The number of hydrogen-bond donors (Lipinski definition) is 2. The van der Waals surface area contributed by atoms with Gasteiger partial charge in [0, 0.05) is 37.9 Å². The highest BCUT2D eigenvalue weighted by atomic mass is 19.4. The molecule has 2 aromatic heterocycles. The fraction of sp³-hybridized carbons (Fsp3) is 0.556. The molecule has 2 N–H and O–H groups in total. The molecule has 166 valence electrons. The normalized spacial score (nSPS) is 16.6. The summed E-state index contributed by atoms with van der Waals surface area (Å²) in [5.74, 6) is -1.13. The van der Waals surface area contributed by atoms with Gasteiger partial charge in [-0.3, -0.25) is 9.69 Å². The molecule has 0 bridgehead atoms. The highest BCUT2D eigenvalue weighted by Gasteiger charge is 2.38. The van der Waals surface area contributed by atoms with Gasteiger partial charge in [-0.1, -0.05) is 5.16 Å². The molecule has 1 unspecified atom stereocenters. The number of carbonyl (C=O) groups excluding carboxylic acids is 1. The predicted molar refractivity (Wildman–Crippen MR) is 98.6 cm³/mol. The number of carbonyl (C=O) groups is 2. The van der Waals surface area contributed by atoms with Gasteiger partial charge in [0.15, 0.2) is 0 Å². The average molecular weight is 431 g/mol. The SMILES string of the molecule is Cc1cc(CN2CCn3cc(C(=O)NC(C)C)nc3C2C)no1.O=C(O)C(F)(F)F. The number of nitrogens with one attached hydrogen (secondary N) is 1. The van der Waals surface area contributed by atoms with Crippen molar-refractivity contribution >= 4 is 11.9 Å². The average Bonchev–Trinajstić information content (AvgIpc) is 3.23. The lowest BCUT2D eigenvalue weighted by atomic mass is 10.2. The standard InChI is InChI=1S/C16H23N5O2.C2HF3O2/c1-10(2)17-16(22)14-9-21-6-5-20(12(4)15(21)18-14)8-13-7-11(3)23-19-13;3-2(4,5)1(6)7/h7,9-10,12H,5-6,8H2,1-4H3,(H,17,22);(H,6,7). The molecule has 12 heteroatoms. The Balaban J connectivity index is 0.000000396. The Kier molecular flexibility index (Phi) is 7.24. The number of aromatic nitrogens is 3. The molecule has 1 aliphatic rings. The van der Waals surface area contributed by atoms with Crippen LogP contribution in [0.5, 0.6) is 0 Å². The number of amides is 1. The van der Waals surface area contributed by atoms with Gasteiger partial charge in [0.05, 0.1) is 11.7 Å². The van der Waals surface area contributed by atoms with E-state index in [1.807, 2.05) is 33.0 Å². The molecule has 0 aromatic carbocycles. The molecule has 2 aromatic rings. The van der Waals surface area contributed by atoms with Crippen LogP contribution in [0.25, 0.3) is 0 Å². The van der Waals surface area contributed by atoms with E-state index in [2.05, 4.69) is 31.8 Å². The number of carboxylic acid groups (broad SMARTS) is 1. The molecular formula is C18H24F3N5O4. The van der Waals surface area contributed by atoms with E-state index in [1.165, 1.54) is 0 Å². The van der Waals surface area contributed by atoms with Gasteiger partial charge >= 0.3 is 12.1 Å². The van der Waals surface area contributed by atoms with E-state index in [-0.39, 0.29) is 18.0 Å². The van der Waals surface area contributed by atoms with Crippen LogP contribution >= 0.6 is 0 Å². The highest BCUT2D eigenvalue weighted by Crippen LogP contribution is 2.26. The number of aryl methyl sites for hydroxylation is 1. The molecule has 3 heterocycles. The minimum absolute atomic E-state index is 0.102. The summed E-state index contributed by atoms with van der Waals surface area (Å²) in [6.07, 6.45) is -3.23. The minimum Gasteiger partial charge on any atom is -0.475 e. The molecule has 0 aliphatic carbocycles. The quantitative estimate of drug-likeness (QED) is 0.765. The Labute approximate surface area is 170 Å². The maximum absolute atomic E-state index is 12.1. The molecule has 30 heavy (non-hydrogen) atoms. The molecule has 0 spiro atoms. The van der Waals surface area contributed by atoms with Gasteiger partial charge in [0.2, 0.25) is 0 Å². The maximum Gasteiger partial charge on any atom is 0.490 e. The van der Waals surface area contributed by atoms with Crippen LogP contribution in [0.2, 0.25) is 0 Å². The molecule has 0 fully saturated rings. The first-order valence-corrected chi connectivity index (χ1v) is 9.22. The number of hydrogen-bond acceptors (Lipinski definition) is 6. The molecule has 9 nitrogen and oxygen atoms in total. The molecule has 3 rings (SSSR count). The van der Waals surface area contributed by atoms with Crippen molar-refractivity contribution in [3.05, 3.63) is 35.2 Å². The summed E-state index contributed by atoms with van der Waals surface area (Å²) in [6.45, 7) is 10.3. The van der Waals surface area contributed by atoms with Crippen molar-refractivity contribution in [1.29, 1.82) is 0 Å². The Hall–Kier alpha value is -2.89. The first-order chi connectivity index (χ1) is 13.9. The third-order valence-electron chi connectivity index (χ3n) is 4.29. The summed E-state index contributed by atoms with van der Waals surface area (Å²) in [4.78, 5) is 27.9. The van der Waals surface area contributed by atoms with E-state index in [1.54, 1.807) is 0 Å². The number of aliphatic carboxylic acids is 1. The Morgan fingerprint density at radius 2 is 2.00 bits per heavy atom. The monoisotopic (exact) mass is 431 g/mol. The van der Waals surface area contributed by atoms with E-state index >= 15 is 0 Å². The third-order valence-corrected chi connectivity index (χ3v) is 4.29. The van der Waals surface area contributed by atoms with Crippen molar-refractivity contribution in [2.45, 2.75) is 59.0 Å². The number of halogens is 3. The first-order valence-electron chi connectivity index (χ1n) is 9.22. The van der Waals surface area contributed by atoms with Crippen LogP contribution in [0.1, 0.15) is 54.6 Å². The minimum atomic E-state index is -5.08. The van der Waals surface area contributed by atoms with Gasteiger partial charge in [-0.2, -0.15) is 13.2 Å². The van der Waals surface area contributed by atoms with Crippen molar-refractivity contribution in [3.8, 4) is 0 Å². The maximum atomic E-state index is 12.1. The second kappa shape index (κ2) is 9.28. The van der Waals surface area contributed by atoms with Gasteiger partial charge in [-0.15, -0.1) is 0 Å². The fourth-order valence-corrected chi connectivity index (χ4v) is 2.90. The van der Waals surface area contributed by atoms with Crippen molar-refractivity contribution < 1.29 is 32.4 Å². The van der Waals surface area contributed by atoms with Crippen molar-refractivity contribution in [2.75, 3.05) is 6.54 Å². The lowest BCUT2D eigenvalue weighted by molar-refractivity contribution is -0.192. The zero-order valence-corrected chi connectivity index (χ0v) is 17.0. The number of alkyl halides is 3. The molecule has 0 saturated heterocycles. The second-order valence-electron chi connectivity index (χ2n) is 7.18. The Morgan fingerprint density at radius 3 is 2.50 bits per heavy atom. The predicted octanol–water partition coefficient (Wildman–Crippen LogP) is 2.53. The van der Waals surface area contributed by atoms with E-state index in [9.17, 15) is 18.0 Å². The van der Waals surface area contributed by atoms with Crippen LogP contribution < -0.4 is 5.32 Å². The van der Waals surface area contributed by atoms with Crippen LogP contribution in [-0.2, 0) is 17.9 Å². The topological polar surface area (TPSA) is 113 Å². The van der Waals surface area contributed by atoms with Gasteiger partial charge in [-0.05, 0) is 27.7 Å². The molecule has 0 saturated carbocycles. The molecule has 1 amide bonds. The van der Waals surface area contributed by atoms with E-state index in [4.69, 9.17) is 14.4 Å². The number of rotatable bonds is 4. The van der Waals surface area contributed by atoms with Gasteiger partial charge in [0.1, 0.15) is 17.3 Å². The largest absolute Gasteiger partial charge is 0.490 e. The summed E-state index contributed by atoms with van der Waals surface area (Å²) in [7, 11) is 0. The fourth-order valence-electron chi connectivity index (χ4n) is 2.90. The summed E-state index contributed by atoms with van der Waals surface area (Å²) >= 11 is 0. The van der Waals surface area contributed by atoms with Crippen LogP contribution in [0, 0.1) is 6.92 Å². The lowest BCUT2D eigenvalue weighted by Crippen LogP contribution is -2.36. The molecule has 0 radical (unpaired) electrons. The van der Waals surface area contributed by atoms with Gasteiger partial charge < -0.3 is 19.5 Å². The third kappa shape index (κ3) is 6.05. The number of fused-ring (bicyclic) bond motifs is 1. The molecule has 1 atom stereocenters. The van der Waals surface area contributed by atoms with E-state index < -0.39 is 12.1 Å². The highest BCUT2D eigenvalue weighted by molar-refractivity contribution is 5.92. The van der Waals surface area contributed by atoms with Crippen LogP contribution in [0.15, 0.2) is 16.8 Å². The van der Waals surface area contributed by atoms with Crippen molar-refractivity contribution in [1.82, 2.24) is 24.9 Å². The Bertz CT molecular complexity index is 891. The zero-order valence-electron chi connectivity index (χ0n) is 17.0. The van der Waals surface area contributed by atoms with Crippen molar-refractivity contribution in [3.63, 3.8) is 0 Å². The van der Waals surface area contributed by atoms with Crippen LogP contribution in [0.4, 0.5) is 13.2 Å². The number of nitrogens with zero attached hydrogens (tertiary/aromatic N) is 4. The van der Waals surface area contributed by atoms with Gasteiger partial charge in [0.25, 0.3) is 5.91 Å². The summed E-state index contributed by atoms with van der Waals surface area (Å²) in [5, 5.41) is 14.1. The van der Waals surface area contributed by atoms with Crippen LogP contribution in [0.3, 0.4) is 0 Å². The zero-order chi connectivity index (χ0) is 22.6. The number of carboxylic acids is 1. The molecule has 1 aliphatic heterocycles. The summed E-state index contributed by atoms with van der Waals surface area (Å²) in [6, 6.07) is 2.18. The van der Waals surface area contributed by atoms with E-state index in [0.29, 0.717) is 5.69 Å². The van der Waals surface area contributed by atoms with Crippen LogP contribution in [-0.4, -0.2) is 55.4 Å².